The van der Waals surface area contributed by atoms with Crippen LogP contribution in [-0.2, 0) is 4.74 Å². The van der Waals surface area contributed by atoms with E-state index >= 15 is 0 Å². The van der Waals surface area contributed by atoms with Crippen LogP contribution in [0.15, 0.2) is 37.1 Å². The number of nitrogens with zero attached hydrogens (tertiary/aromatic N) is 1. The van der Waals surface area contributed by atoms with E-state index in [9.17, 15) is 0 Å². The summed E-state index contributed by atoms with van der Waals surface area (Å²) in [7, 11) is 0. The zero-order chi connectivity index (χ0) is 13.9. The average molecular weight is 260 g/mol. The van der Waals surface area contributed by atoms with Crippen LogP contribution in [0.5, 0.6) is 5.75 Å². The summed E-state index contributed by atoms with van der Waals surface area (Å²) in [5.74, 6) is 0.719. The molecule has 0 amide bonds. The smallest absolute Gasteiger partial charge is 0.174 e. The van der Waals surface area contributed by atoms with Crippen LogP contribution in [0.25, 0.3) is 0 Å². The van der Waals surface area contributed by atoms with E-state index in [1.807, 2.05) is 30.3 Å². The van der Waals surface area contributed by atoms with E-state index in [2.05, 4.69) is 18.8 Å². The van der Waals surface area contributed by atoms with Crippen molar-refractivity contribution in [2.45, 2.75) is 19.4 Å². The monoisotopic (exact) mass is 260 g/mol. The third-order valence-corrected chi connectivity index (χ3v) is 2.69. The van der Waals surface area contributed by atoms with Gasteiger partial charge in [-0.25, -0.2) is 0 Å². The highest BCUT2D eigenvalue weighted by molar-refractivity contribution is 5.29. The molecule has 1 unspecified atom stereocenters. The Labute approximate surface area is 114 Å². The third kappa shape index (κ3) is 5.94. The maximum absolute atomic E-state index is 8.43. The van der Waals surface area contributed by atoms with Gasteiger partial charge in [0.15, 0.2) is 6.61 Å². The van der Waals surface area contributed by atoms with Crippen molar-refractivity contribution in [2.75, 3.05) is 19.8 Å². The number of hydrogen-bond acceptors (Lipinski definition) is 4. The molecule has 19 heavy (non-hydrogen) atoms. The molecule has 1 atom stereocenters. The first-order chi connectivity index (χ1) is 9.27. The van der Waals surface area contributed by atoms with Crippen LogP contribution in [0.1, 0.15) is 24.9 Å². The zero-order valence-corrected chi connectivity index (χ0v) is 11.3. The van der Waals surface area contributed by atoms with Crippen LogP contribution in [0.3, 0.4) is 0 Å². The van der Waals surface area contributed by atoms with Gasteiger partial charge in [0, 0.05) is 6.04 Å². The van der Waals surface area contributed by atoms with Gasteiger partial charge in [-0.1, -0.05) is 18.7 Å². The molecule has 1 rings (SSSR count). The molecular weight excluding hydrogens is 240 g/mol. The zero-order valence-electron chi connectivity index (χ0n) is 11.3. The summed E-state index contributed by atoms with van der Waals surface area (Å²) in [6.45, 7) is 7.26. The fourth-order valence-corrected chi connectivity index (χ4v) is 1.64. The molecule has 0 bridgehead atoms. The summed E-state index contributed by atoms with van der Waals surface area (Å²) < 4.78 is 10.3. The molecule has 0 saturated heterocycles. The molecule has 0 aliphatic carbocycles. The molecule has 0 aliphatic rings. The minimum Gasteiger partial charge on any atom is -0.502 e. The molecule has 1 N–H and O–H groups in total. The minimum absolute atomic E-state index is 0.0798. The first-order valence-corrected chi connectivity index (χ1v) is 6.33. The lowest BCUT2D eigenvalue weighted by Crippen LogP contribution is -2.20. The Balaban J connectivity index is 2.33. The second kappa shape index (κ2) is 9.01. The normalized spacial score (nSPS) is 11.4. The quantitative estimate of drug-likeness (QED) is 0.548. The van der Waals surface area contributed by atoms with Gasteiger partial charge in [-0.15, -0.1) is 0 Å². The van der Waals surface area contributed by atoms with Crippen molar-refractivity contribution < 1.29 is 9.47 Å². The van der Waals surface area contributed by atoms with Crippen LogP contribution >= 0.6 is 0 Å². The number of ether oxygens (including phenoxy) is 2. The van der Waals surface area contributed by atoms with Gasteiger partial charge in [0.05, 0.1) is 12.9 Å². The summed E-state index contributed by atoms with van der Waals surface area (Å²) >= 11 is 0. The predicted molar refractivity (Wildman–Crippen MR) is 74.7 cm³/mol. The largest absolute Gasteiger partial charge is 0.502 e. The van der Waals surface area contributed by atoms with Crippen molar-refractivity contribution in [1.82, 2.24) is 5.32 Å². The van der Waals surface area contributed by atoms with E-state index in [1.165, 1.54) is 11.8 Å². The maximum Gasteiger partial charge on any atom is 0.174 e. The van der Waals surface area contributed by atoms with Crippen molar-refractivity contribution in [1.29, 1.82) is 5.26 Å². The van der Waals surface area contributed by atoms with Gasteiger partial charge in [0.2, 0.25) is 0 Å². The molecule has 4 nitrogen and oxygen atoms in total. The fraction of sp³-hybridized carbons (Fsp3) is 0.400. The molecule has 1 aromatic rings. The van der Waals surface area contributed by atoms with E-state index in [0.29, 0.717) is 6.61 Å². The van der Waals surface area contributed by atoms with Gasteiger partial charge in [-0.3, -0.25) is 0 Å². The molecule has 0 aromatic heterocycles. The van der Waals surface area contributed by atoms with Crippen LogP contribution in [0, 0.1) is 11.3 Å². The first-order valence-electron chi connectivity index (χ1n) is 6.33. The minimum atomic E-state index is 0.0798. The Morgan fingerprint density at radius 1 is 1.42 bits per heavy atom. The molecule has 0 aliphatic heterocycles. The van der Waals surface area contributed by atoms with Crippen molar-refractivity contribution in [3.05, 3.63) is 42.7 Å². The standard InChI is InChI=1S/C15H20N2O2/c1-3-18-11-4-10-17-13(2)14-5-7-15(8-6-14)19-12-9-16/h3,5-8,13,17H,1,4,10-12H2,2H3. The summed E-state index contributed by atoms with van der Waals surface area (Å²) in [6, 6.07) is 9.99. The van der Waals surface area contributed by atoms with Crippen LogP contribution in [0.4, 0.5) is 0 Å². The predicted octanol–water partition coefficient (Wildman–Crippen LogP) is 2.79. The van der Waals surface area contributed by atoms with Crippen LogP contribution < -0.4 is 10.1 Å². The Kier molecular flexibility index (Phi) is 7.14. The van der Waals surface area contributed by atoms with Crippen molar-refractivity contribution in [3.63, 3.8) is 0 Å². The van der Waals surface area contributed by atoms with Crippen molar-refractivity contribution >= 4 is 0 Å². The molecule has 0 heterocycles. The Morgan fingerprint density at radius 3 is 2.79 bits per heavy atom. The Bertz CT molecular complexity index is 409. The van der Waals surface area contributed by atoms with E-state index in [0.717, 1.165) is 18.7 Å². The number of rotatable bonds is 9. The highest BCUT2D eigenvalue weighted by atomic mass is 16.5. The SMILES string of the molecule is C=COCCCNC(C)c1ccc(OCC#N)cc1. The fourth-order valence-electron chi connectivity index (χ4n) is 1.64. The number of nitrogens with one attached hydrogen (secondary N) is 1. The van der Waals surface area contributed by atoms with Gasteiger partial charge < -0.3 is 14.8 Å². The number of nitriles is 1. The summed E-state index contributed by atoms with van der Waals surface area (Å²) in [5, 5.41) is 11.8. The van der Waals surface area contributed by atoms with E-state index in [1.54, 1.807) is 0 Å². The maximum atomic E-state index is 8.43. The number of hydrogen-bond donors (Lipinski definition) is 1. The van der Waals surface area contributed by atoms with E-state index in [-0.39, 0.29) is 12.6 Å². The molecule has 0 spiro atoms. The van der Waals surface area contributed by atoms with Crippen molar-refractivity contribution in [2.24, 2.45) is 0 Å². The lowest BCUT2D eigenvalue weighted by molar-refractivity contribution is 0.243. The Morgan fingerprint density at radius 2 is 2.16 bits per heavy atom. The highest BCUT2D eigenvalue weighted by Gasteiger charge is 2.04. The van der Waals surface area contributed by atoms with Crippen molar-refractivity contribution in [3.8, 4) is 11.8 Å². The van der Waals surface area contributed by atoms with Crippen LogP contribution in [-0.4, -0.2) is 19.8 Å². The molecule has 0 saturated carbocycles. The molecule has 102 valence electrons. The topological polar surface area (TPSA) is 54.3 Å². The van der Waals surface area contributed by atoms with Gasteiger partial charge >= 0.3 is 0 Å². The third-order valence-electron chi connectivity index (χ3n) is 2.69. The lowest BCUT2D eigenvalue weighted by atomic mass is 10.1. The van der Waals surface area contributed by atoms with Gasteiger partial charge in [0.25, 0.3) is 0 Å². The summed E-state index contributed by atoms with van der Waals surface area (Å²) in [5.41, 5.74) is 1.19. The second-order valence-electron chi connectivity index (χ2n) is 4.08. The highest BCUT2D eigenvalue weighted by Crippen LogP contribution is 2.17. The Hall–Kier alpha value is -1.99. The van der Waals surface area contributed by atoms with E-state index < -0.39 is 0 Å². The molecule has 4 heteroatoms. The van der Waals surface area contributed by atoms with Gasteiger partial charge in [-0.2, -0.15) is 5.26 Å². The van der Waals surface area contributed by atoms with Crippen LogP contribution in [0.2, 0.25) is 0 Å². The van der Waals surface area contributed by atoms with Gasteiger partial charge in [-0.05, 0) is 37.6 Å². The molecule has 1 aromatic carbocycles. The first kappa shape index (κ1) is 15.1. The van der Waals surface area contributed by atoms with E-state index in [4.69, 9.17) is 14.7 Å². The second-order valence-corrected chi connectivity index (χ2v) is 4.08. The summed E-state index contributed by atoms with van der Waals surface area (Å²) in [6.07, 6.45) is 2.41. The number of benzene rings is 1. The average Bonchev–Trinajstić information content (AvgIpc) is 2.45. The summed E-state index contributed by atoms with van der Waals surface area (Å²) in [4.78, 5) is 0. The molecular formula is C15H20N2O2. The molecule has 0 fully saturated rings. The molecule has 0 radical (unpaired) electrons. The van der Waals surface area contributed by atoms with Gasteiger partial charge in [0.1, 0.15) is 11.8 Å². The lowest BCUT2D eigenvalue weighted by Gasteiger charge is -2.14.